The first-order chi connectivity index (χ1) is 9.88. The van der Waals surface area contributed by atoms with Crippen molar-refractivity contribution in [3.05, 3.63) is 23.3 Å². The molecule has 0 saturated carbocycles. The number of rotatable bonds is 1. The minimum absolute atomic E-state index is 0.113. The van der Waals surface area contributed by atoms with Gasteiger partial charge in [-0.05, 0) is 32.8 Å². The van der Waals surface area contributed by atoms with Crippen LogP contribution in [0.4, 0.5) is 0 Å². The number of hydrogen-bond donors (Lipinski definition) is 0. The van der Waals surface area contributed by atoms with Gasteiger partial charge in [0, 0.05) is 13.3 Å². The van der Waals surface area contributed by atoms with E-state index in [0.717, 1.165) is 12.8 Å². The molecule has 0 aromatic carbocycles. The molecule has 0 radical (unpaired) electrons. The van der Waals surface area contributed by atoms with Gasteiger partial charge < -0.3 is 9.47 Å². The molecule has 2 aliphatic rings. The van der Waals surface area contributed by atoms with Crippen LogP contribution in [0.15, 0.2) is 23.3 Å². The van der Waals surface area contributed by atoms with Crippen LogP contribution in [-0.2, 0) is 19.1 Å². The second kappa shape index (κ2) is 6.46. The van der Waals surface area contributed by atoms with Crippen molar-refractivity contribution >= 4 is 11.9 Å². The van der Waals surface area contributed by atoms with E-state index in [4.69, 9.17) is 9.47 Å². The summed E-state index contributed by atoms with van der Waals surface area (Å²) in [7, 11) is 0. The number of hydrogen-bond acceptors (Lipinski definition) is 4. The van der Waals surface area contributed by atoms with Gasteiger partial charge in [0.2, 0.25) is 0 Å². The van der Waals surface area contributed by atoms with E-state index in [0.29, 0.717) is 6.42 Å². The predicted molar refractivity (Wildman–Crippen MR) is 79.5 cm³/mol. The molecule has 1 saturated heterocycles. The summed E-state index contributed by atoms with van der Waals surface area (Å²) < 4.78 is 11.0. The smallest absolute Gasteiger partial charge is 0.309 e. The zero-order valence-corrected chi connectivity index (χ0v) is 13.2. The van der Waals surface area contributed by atoms with Gasteiger partial charge in [-0.2, -0.15) is 0 Å². The Bertz CT molecular complexity index is 489. The van der Waals surface area contributed by atoms with Crippen LogP contribution < -0.4 is 0 Å². The maximum Gasteiger partial charge on any atom is 0.309 e. The van der Waals surface area contributed by atoms with Gasteiger partial charge in [-0.3, -0.25) is 9.59 Å². The largest absolute Gasteiger partial charge is 0.462 e. The monoisotopic (exact) mass is 292 g/mol. The topological polar surface area (TPSA) is 52.6 Å². The third-order valence-corrected chi connectivity index (χ3v) is 4.33. The van der Waals surface area contributed by atoms with Gasteiger partial charge in [0.25, 0.3) is 0 Å². The van der Waals surface area contributed by atoms with E-state index >= 15 is 0 Å². The number of carbonyl (C=O) groups is 2. The van der Waals surface area contributed by atoms with Crippen molar-refractivity contribution in [3.63, 3.8) is 0 Å². The quantitative estimate of drug-likeness (QED) is 0.550. The van der Waals surface area contributed by atoms with Crippen molar-refractivity contribution in [1.82, 2.24) is 0 Å². The number of esters is 2. The van der Waals surface area contributed by atoms with Crippen molar-refractivity contribution in [2.75, 3.05) is 0 Å². The fraction of sp³-hybridized carbons (Fsp3) is 0.647. The van der Waals surface area contributed by atoms with E-state index in [2.05, 4.69) is 19.9 Å². The molecular formula is C17H24O4. The lowest BCUT2D eigenvalue weighted by Crippen LogP contribution is -2.35. The molecule has 4 atom stereocenters. The molecule has 4 nitrogen and oxygen atoms in total. The summed E-state index contributed by atoms with van der Waals surface area (Å²) in [5, 5.41) is 0. The molecule has 4 heteroatoms. The Hall–Kier alpha value is -1.58. The van der Waals surface area contributed by atoms with E-state index < -0.39 is 0 Å². The fourth-order valence-corrected chi connectivity index (χ4v) is 3.22. The fourth-order valence-electron chi connectivity index (χ4n) is 3.22. The average Bonchev–Trinajstić information content (AvgIpc) is 2.62. The predicted octanol–water partition coefficient (Wildman–Crippen LogP) is 3.17. The molecule has 2 rings (SSSR count). The third-order valence-electron chi connectivity index (χ3n) is 4.33. The molecule has 1 fully saturated rings. The third kappa shape index (κ3) is 3.74. The molecule has 21 heavy (non-hydrogen) atoms. The molecule has 1 aliphatic carbocycles. The van der Waals surface area contributed by atoms with E-state index in [1.165, 1.54) is 18.1 Å². The lowest BCUT2D eigenvalue weighted by Gasteiger charge is -2.28. The van der Waals surface area contributed by atoms with E-state index in [1.807, 2.05) is 13.0 Å². The molecule has 0 spiro atoms. The second-order valence-electron chi connectivity index (χ2n) is 6.22. The average molecular weight is 292 g/mol. The summed E-state index contributed by atoms with van der Waals surface area (Å²) in [5.74, 6) is -0.878. The minimum atomic E-state index is -0.313. The molecule has 1 aliphatic heterocycles. The Balaban J connectivity index is 2.36. The highest BCUT2D eigenvalue weighted by Gasteiger charge is 2.46. The van der Waals surface area contributed by atoms with Gasteiger partial charge in [0.05, 0.1) is 11.8 Å². The van der Waals surface area contributed by atoms with Crippen LogP contribution in [0.25, 0.3) is 0 Å². The summed E-state index contributed by atoms with van der Waals surface area (Å²) >= 11 is 0. The molecule has 0 amide bonds. The zero-order chi connectivity index (χ0) is 15.6. The minimum Gasteiger partial charge on any atom is -0.462 e. The van der Waals surface area contributed by atoms with Gasteiger partial charge in [0.1, 0.15) is 12.2 Å². The maximum absolute atomic E-state index is 11.9. The van der Waals surface area contributed by atoms with E-state index in [1.54, 1.807) is 0 Å². The standard InChI is InChI=1S/C17H24O4/c1-10-6-5-7-11(2)9-15-16(12(3)17(19)21-15)14(8-10)20-13(4)18/h6,9,12,14-16H,5,7-8H2,1-4H3/b10-6-,11-9-/t12-,14-,15+,16+/m0/s1. The Morgan fingerprint density at radius 2 is 2.05 bits per heavy atom. The van der Waals surface area contributed by atoms with Crippen LogP contribution in [0.5, 0.6) is 0 Å². The summed E-state index contributed by atoms with van der Waals surface area (Å²) in [5.41, 5.74) is 2.40. The van der Waals surface area contributed by atoms with Crippen LogP contribution in [0.3, 0.4) is 0 Å². The van der Waals surface area contributed by atoms with Gasteiger partial charge in [-0.15, -0.1) is 0 Å². The zero-order valence-electron chi connectivity index (χ0n) is 13.2. The second-order valence-corrected chi connectivity index (χ2v) is 6.22. The lowest BCUT2D eigenvalue weighted by atomic mass is 9.82. The highest BCUT2D eigenvalue weighted by molar-refractivity contribution is 5.75. The van der Waals surface area contributed by atoms with E-state index in [9.17, 15) is 9.59 Å². The molecule has 116 valence electrons. The van der Waals surface area contributed by atoms with Crippen LogP contribution >= 0.6 is 0 Å². The number of ether oxygens (including phenoxy) is 2. The molecule has 0 aromatic rings. The maximum atomic E-state index is 11.9. The van der Waals surface area contributed by atoms with Crippen LogP contribution in [0, 0.1) is 11.8 Å². The van der Waals surface area contributed by atoms with Crippen LogP contribution in [0.1, 0.15) is 47.0 Å². The molecule has 0 aromatic heterocycles. The highest BCUT2D eigenvalue weighted by atomic mass is 16.6. The number of carbonyl (C=O) groups excluding carboxylic acids is 2. The molecular weight excluding hydrogens is 268 g/mol. The van der Waals surface area contributed by atoms with Crippen molar-refractivity contribution in [2.24, 2.45) is 11.8 Å². The Labute approximate surface area is 126 Å². The van der Waals surface area contributed by atoms with Crippen molar-refractivity contribution in [2.45, 2.75) is 59.2 Å². The summed E-state index contributed by atoms with van der Waals surface area (Å²) in [6.45, 7) is 7.38. The van der Waals surface area contributed by atoms with Gasteiger partial charge in [-0.1, -0.05) is 24.1 Å². The first-order valence-corrected chi connectivity index (χ1v) is 7.59. The first-order valence-electron chi connectivity index (χ1n) is 7.59. The summed E-state index contributed by atoms with van der Waals surface area (Å²) in [6.07, 6.45) is 6.20. The van der Waals surface area contributed by atoms with Crippen LogP contribution in [0.2, 0.25) is 0 Å². The van der Waals surface area contributed by atoms with Gasteiger partial charge in [0.15, 0.2) is 0 Å². The van der Waals surface area contributed by atoms with Gasteiger partial charge in [-0.25, -0.2) is 0 Å². The first kappa shape index (κ1) is 15.8. The molecule has 1 heterocycles. The highest BCUT2D eigenvalue weighted by Crippen LogP contribution is 2.37. The summed E-state index contributed by atoms with van der Waals surface area (Å²) in [6, 6.07) is 0. The van der Waals surface area contributed by atoms with Crippen molar-refractivity contribution in [3.8, 4) is 0 Å². The Morgan fingerprint density at radius 3 is 2.71 bits per heavy atom. The van der Waals surface area contributed by atoms with E-state index in [-0.39, 0.29) is 36.0 Å². The lowest BCUT2D eigenvalue weighted by molar-refractivity contribution is -0.150. The Kier molecular flexibility index (Phi) is 4.86. The van der Waals surface area contributed by atoms with Crippen molar-refractivity contribution in [1.29, 1.82) is 0 Å². The molecule has 0 N–H and O–H groups in total. The molecule has 0 unspecified atom stereocenters. The normalized spacial score (nSPS) is 38.4. The number of fused-ring (bicyclic) bond motifs is 1. The SMILES string of the molecule is CC(=O)O[C@H]1C/C(C)=C\CC/C(C)=C\[C@H]2OC(=O)[C@@H](C)[C@H]12. The van der Waals surface area contributed by atoms with Crippen molar-refractivity contribution < 1.29 is 19.1 Å². The number of allylic oxidation sites excluding steroid dienone is 2. The van der Waals surface area contributed by atoms with Crippen LogP contribution in [-0.4, -0.2) is 24.1 Å². The molecule has 0 bridgehead atoms. The Morgan fingerprint density at radius 1 is 1.33 bits per heavy atom. The van der Waals surface area contributed by atoms with Gasteiger partial charge >= 0.3 is 11.9 Å². The summed E-state index contributed by atoms with van der Waals surface area (Å²) in [4.78, 5) is 23.4.